The van der Waals surface area contributed by atoms with Gasteiger partial charge >= 0.3 is 0 Å². The van der Waals surface area contributed by atoms with Crippen molar-refractivity contribution in [2.45, 2.75) is 58.8 Å². The van der Waals surface area contributed by atoms with Crippen LogP contribution in [0.2, 0.25) is 0 Å². The molecule has 10 heteroatoms. The van der Waals surface area contributed by atoms with Crippen LogP contribution in [0.1, 0.15) is 54.7 Å². The predicted molar refractivity (Wildman–Crippen MR) is 116 cm³/mol. The topological polar surface area (TPSA) is 109 Å². The molecule has 1 aliphatic carbocycles. The lowest BCUT2D eigenvalue weighted by Crippen LogP contribution is -2.34. The van der Waals surface area contributed by atoms with Gasteiger partial charge in [-0.15, -0.1) is 0 Å². The van der Waals surface area contributed by atoms with Gasteiger partial charge in [0.1, 0.15) is 11.8 Å². The number of nitrogens with one attached hydrogen (secondary N) is 1. The van der Waals surface area contributed by atoms with E-state index >= 15 is 0 Å². The van der Waals surface area contributed by atoms with Crippen LogP contribution >= 0.6 is 0 Å². The highest BCUT2D eigenvalue weighted by Gasteiger charge is 2.30. The molecule has 172 valence electrons. The van der Waals surface area contributed by atoms with E-state index in [1.807, 2.05) is 13.8 Å². The number of fused-ring (bicyclic) bond motifs is 1. The van der Waals surface area contributed by atoms with Crippen LogP contribution in [0.4, 0.5) is 4.39 Å². The Bertz CT molecular complexity index is 1160. The van der Waals surface area contributed by atoms with Gasteiger partial charge < -0.3 is 15.3 Å². The third-order valence-corrected chi connectivity index (χ3v) is 5.74. The summed E-state index contributed by atoms with van der Waals surface area (Å²) in [6.45, 7) is 6.33. The number of rotatable bonds is 6. The minimum Gasteiger partial charge on any atom is -0.494 e. The van der Waals surface area contributed by atoms with Crippen LogP contribution in [0.3, 0.4) is 0 Å². The van der Waals surface area contributed by atoms with E-state index in [0.29, 0.717) is 36.4 Å². The molecule has 0 bridgehead atoms. The van der Waals surface area contributed by atoms with Crippen molar-refractivity contribution >= 4 is 23.5 Å². The standard InChI is InChI=1S/C22H28FN5O4/c1-12(2)10-27-20-16(6-7-17(29)26-9-8-14(23)11-26)13(3)25-28(20)22(32)18(21(27)31)19(30)24-15-4-5-15/h6-7,12,14-15,31H,4-5,8-11H2,1-3H3,(H,24,30). The SMILES string of the molecule is Cc1nn2c(=O)c(C(=O)NC3CC3)c(O)n(CC(C)C)c2c1C=CC(=O)N1CCC(F)C1. The van der Waals surface area contributed by atoms with Gasteiger partial charge in [-0.2, -0.15) is 9.61 Å². The molecule has 1 atom stereocenters. The van der Waals surface area contributed by atoms with E-state index in [0.717, 1.165) is 17.4 Å². The van der Waals surface area contributed by atoms with Crippen molar-refractivity contribution in [3.63, 3.8) is 0 Å². The van der Waals surface area contributed by atoms with Gasteiger partial charge in [0.05, 0.1) is 12.2 Å². The number of nitrogens with zero attached hydrogens (tertiary/aromatic N) is 4. The van der Waals surface area contributed by atoms with Crippen LogP contribution in [-0.2, 0) is 11.3 Å². The summed E-state index contributed by atoms with van der Waals surface area (Å²) >= 11 is 0. The molecule has 32 heavy (non-hydrogen) atoms. The molecule has 3 heterocycles. The number of aromatic nitrogens is 3. The van der Waals surface area contributed by atoms with Crippen molar-refractivity contribution in [3.05, 3.63) is 33.3 Å². The number of aromatic hydroxyl groups is 1. The molecule has 2 N–H and O–H groups in total. The van der Waals surface area contributed by atoms with E-state index < -0.39 is 23.5 Å². The molecule has 2 aliphatic rings. The van der Waals surface area contributed by atoms with E-state index in [-0.39, 0.29) is 30.0 Å². The zero-order valence-electron chi connectivity index (χ0n) is 18.5. The Morgan fingerprint density at radius 1 is 1.31 bits per heavy atom. The lowest BCUT2D eigenvalue weighted by atomic mass is 10.1. The highest BCUT2D eigenvalue weighted by molar-refractivity contribution is 5.97. The minimum atomic E-state index is -1.01. The summed E-state index contributed by atoms with van der Waals surface area (Å²) in [4.78, 5) is 39.7. The van der Waals surface area contributed by atoms with Crippen molar-refractivity contribution in [1.82, 2.24) is 24.4 Å². The molecule has 1 aliphatic heterocycles. The van der Waals surface area contributed by atoms with Crippen LogP contribution in [0, 0.1) is 12.8 Å². The van der Waals surface area contributed by atoms with Crippen molar-refractivity contribution in [2.75, 3.05) is 13.1 Å². The summed E-state index contributed by atoms with van der Waals surface area (Å²) in [5.74, 6) is -1.28. The number of carbonyl (C=O) groups is 2. The number of carbonyl (C=O) groups excluding carboxylic acids is 2. The van der Waals surface area contributed by atoms with Crippen LogP contribution in [-0.4, -0.2) is 61.3 Å². The minimum absolute atomic E-state index is 0.0221. The summed E-state index contributed by atoms with van der Waals surface area (Å²) in [5.41, 5.74) is 0.189. The van der Waals surface area contributed by atoms with Crippen LogP contribution in [0.5, 0.6) is 5.88 Å². The molecule has 0 radical (unpaired) electrons. The average molecular weight is 445 g/mol. The second kappa shape index (κ2) is 8.40. The zero-order valence-corrected chi connectivity index (χ0v) is 18.5. The molecule has 2 aromatic rings. The molecule has 2 amide bonds. The fourth-order valence-corrected chi connectivity index (χ4v) is 3.96. The van der Waals surface area contributed by atoms with Gasteiger partial charge in [-0.25, -0.2) is 4.39 Å². The molecule has 1 unspecified atom stereocenters. The number of likely N-dealkylation sites (tertiary alicyclic amines) is 1. The maximum Gasteiger partial charge on any atom is 0.291 e. The number of hydrogen-bond donors (Lipinski definition) is 2. The van der Waals surface area contributed by atoms with Crippen molar-refractivity contribution < 1.29 is 19.1 Å². The second-order valence-corrected chi connectivity index (χ2v) is 8.99. The first-order chi connectivity index (χ1) is 15.2. The third-order valence-electron chi connectivity index (χ3n) is 5.74. The Labute approximate surface area is 184 Å². The number of hydrogen-bond acceptors (Lipinski definition) is 5. The lowest BCUT2D eigenvalue weighted by Gasteiger charge is -2.17. The summed E-state index contributed by atoms with van der Waals surface area (Å²) in [5, 5.41) is 18.0. The zero-order chi connectivity index (χ0) is 23.2. The van der Waals surface area contributed by atoms with Crippen LogP contribution in [0.15, 0.2) is 10.9 Å². The summed E-state index contributed by atoms with van der Waals surface area (Å²) in [6.07, 6.45) is 3.86. The highest BCUT2D eigenvalue weighted by atomic mass is 19.1. The quantitative estimate of drug-likeness (QED) is 0.657. The fourth-order valence-electron chi connectivity index (χ4n) is 3.96. The summed E-state index contributed by atoms with van der Waals surface area (Å²) < 4.78 is 16.0. The molecular weight excluding hydrogens is 417 g/mol. The molecular formula is C22H28FN5O4. The van der Waals surface area contributed by atoms with Gasteiger partial charge in [-0.3, -0.25) is 19.0 Å². The molecule has 9 nitrogen and oxygen atoms in total. The second-order valence-electron chi connectivity index (χ2n) is 8.99. The molecule has 1 saturated carbocycles. The number of halogens is 1. The molecule has 4 rings (SSSR count). The summed E-state index contributed by atoms with van der Waals surface area (Å²) in [6, 6.07) is 0.0221. The highest BCUT2D eigenvalue weighted by Crippen LogP contribution is 2.26. The fraction of sp³-hybridized carbons (Fsp3) is 0.545. The van der Waals surface area contributed by atoms with Gasteiger partial charge in [0.2, 0.25) is 11.8 Å². The first kappa shape index (κ1) is 22.0. The molecule has 0 spiro atoms. The Morgan fingerprint density at radius 2 is 2.03 bits per heavy atom. The van der Waals surface area contributed by atoms with Gasteiger partial charge in [0.15, 0.2) is 5.56 Å². The Kier molecular flexibility index (Phi) is 5.79. The van der Waals surface area contributed by atoms with Gasteiger partial charge in [0.25, 0.3) is 11.5 Å². The average Bonchev–Trinajstić information content (AvgIpc) is 3.31. The van der Waals surface area contributed by atoms with Crippen LogP contribution in [0.25, 0.3) is 11.7 Å². The van der Waals surface area contributed by atoms with E-state index in [1.54, 1.807) is 6.92 Å². The van der Waals surface area contributed by atoms with E-state index in [2.05, 4.69) is 10.4 Å². The molecule has 2 aromatic heterocycles. The first-order valence-corrected chi connectivity index (χ1v) is 10.9. The van der Waals surface area contributed by atoms with Crippen LogP contribution < -0.4 is 10.9 Å². The maximum absolute atomic E-state index is 13.4. The summed E-state index contributed by atoms with van der Waals surface area (Å²) in [7, 11) is 0. The Balaban J connectivity index is 1.81. The molecule has 1 saturated heterocycles. The van der Waals surface area contributed by atoms with E-state index in [4.69, 9.17) is 0 Å². The molecule has 0 aromatic carbocycles. The Hall–Kier alpha value is -3.17. The van der Waals surface area contributed by atoms with E-state index in [9.17, 15) is 23.9 Å². The first-order valence-electron chi connectivity index (χ1n) is 10.9. The number of amides is 2. The number of alkyl halides is 1. The Morgan fingerprint density at radius 3 is 2.62 bits per heavy atom. The third kappa shape index (κ3) is 4.13. The maximum atomic E-state index is 13.4. The number of aryl methyl sites for hydroxylation is 1. The lowest BCUT2D eigenvalue weighted by molar-refractivity contribution is -0.125. The predicted octanol–water partition coefficient (Wildman–Crippen LogP) is 1.64. The van der Waals surface area contributed by atoms with Crippen molar-refractivity contribution in [2.24, 2.45) is 5.92 Å². The monoisotopic (exact) mass is 445 g/mol. The van der Waals surface area contributed by atoms with Crippen molar-refractivity contribution in [1.29, 1.82) is 0 Å². The largest absolute Gasteiger partial charge is 0.494 e. The van der Waals surface area contributed by atoms with E-state index in [1.165, 1.54) is 21.6 Å². The molecule has 2 fully saturated rings. The smallest absolute Gasteiger partial charge is 0.291 e. The van der Waals surface area contributed by atoms with Gasteiger partial charge in [0, 0.05) is 30.8 Å². The normalized spacial score (nSPS) is 18.9. The van der Waals surface area contributed by atoms with Crippen molar-refractivity contribution in [3.8, 4) is 5.88 Å². The van der Waals surface area contributed by atoms with Gasteiger partial charge in [-0.1, -0.05) is 13.8 Å². The van der Waals surface area contributed by atoms with Gasteiger partial charge in [-0.05, 0) is 38.2 Å².